The first-order valence-electron chi connectivity index (χ1n) is 4.37. The van der Waals surface area contributed by atoms with Crippen LogP contribution in [0.4, 0.5) is 0 Å². The Balaban J connectivity index is 2.37. The molecule has 17 heavy (non-hydrogen) atoms. The average molecular weight is 272 g/mol. The SMILES string of the molecule is Cn1nnnc1Sc1nccc(C(=O)O)c1Cl. The summed E-state index contributed by atoms with van der Waals surface area (Å²) in [7, 11) is 1.66. The molecule has 2 aromatic heterocycles. The van der Waals surface area contributed by atoms with E-state index in [1.165, 1.54) is 16.9 Å². The fraction of sp³-hybridized carbons (Fsp3) is 0.125. The maximum absolute atomic E-state index is 10.9. The van der Waals surface area contributed by atoms with E-state index in [4.69, 9.17) is 16.7 Å². The molecule has 0 aromatic carbocycles. The summed E-state index contributed by atoms with van der Waals surface area (Å²) >= 11 is 7.03. The molecule has 0 unspecified atom stereocenters. The first-order valence-corrected chi connectivity index (χ1v) is 5.57. The van der Waals surface area contributed by atoms with Gasteiger partial charge in [0.25, 0.3) is 0 Å². The molecule has 0 fully saturated rings. The number of halogens is 1. The molecule has 0 atom stereocenters. The van der Waals surface area contributed by atoms with Gasteiger partial charge in [-0.15, -0.1) is 5.10 Å². The van der Waals surface area contributed by atoms with Crippen LogP contribution in [0.2, 0.25) is 5.02 Å². The van der Waals surface area contributed by atoms with Crippen LogP contribution < -0.4 is 0 Å². The average Bonchev–Trinajstić information content (AvgIpc) is 2.67. The van der Waals surface area contributed by atoms with Gasteiger partial charge in [0, 0.05) is 13.2 Å². The van der Waals surface area contributed by atoms with E-state index in [0.29, 0.717) is 10.2 Å². The summed E-state index contributed by atoms with van der Waals surface area (Å²) in [5.74, 6) is -1.10. The molecule has 2 heterocycles. The van der Waals surface area contributed by atoms with Crippen LogP contribution in [0.15, 0.2) is 22.4 Å². The fourth-order valence-corrected chi connectivity index (χ4v) is 2.10. The second kappa shape index (κ2) is 4.68. The van der Waals surface area contributed by atoms with Gasteiger partial charge in [-0.1, -0.05) is 11.6 Å². The number of aromatic carboxylic acids is 1. The Bertz CT molecular complexity index is 573. The number of rotatable bonds is 3. The van der Waals surface area contributed by atoms with Crippen molar-refractivity contribution in [2.24, 2.45) is 7.05 Å². The van der Waals surface area contributed by atoms with E-state index < -0.39 is 5.97 Å². The Kier molecular flexibility index (Phi) is 3.25. The molecule has 0 bridgehead atoms. The number of aromatic nitrogens is 5. The van der Waals surface area contributed by atoms with Crippen molar-refractivity contribution in [1.29, 1.82) is 0 Å². The van der Waals surface area contributed by atoms with E-state index in [0.717, 1.165) is 11.8 Å². The summed E-state index contributed by atoms with van der Waals surface area (Å²) in [6, 6.07) is 1.34. The minimum absolute atomic E-state index is 0.000654. The van der Waals surface area contributed by atoms with Gasteiger partial charge in [-0.05, 0) is 28.3 Å². The number of nitrogens with zero attached hydrogens (tertiary/aromatic N) is 5. The van der Waals surface area contributed by atoms with Gasteiger partial charge >= 0.3 is 5.97 Å². The lowest BCUT2D eigenvalue weighted by molar-refractivity contribution is 0.0696. The number of hydrogen-bond acceptors (Lipinski definition) is 6. The number of hydrogen-bond donors (Lipinski definition) is 1. The first-order chi connectivity index (χ1) is 8.09. The number of pyridine rings is 1. The van der Waals surface area contributed by atoms with Gasteiger partial charge in [-0.3, -0.25) is 0 Å². The number of carboxylic acids is 1. The predicted octanol–water partition coefficient (Wildman–Crippen LogP) is 1.11. The summed E-state index contributed by atoms with van der Waals surface area (Å²) in [4.78, 5) is 14.9. The first kappa shape index (κ1) is 11.8. The third-order valence-electron chi connectivity index (χ3n) is 1.86. The Morgan fingerprint density at radius 1 is 1.59 bits per heavy atom. The van der Waals surface area contributed by atoms with E-state index >= 15 is 0 Å². The topological polar surface area (TPSA) is 93.8 Å². The lowest BCUT2D eigenvalue weighted by Gasteiger charge is -2.03. The highest BCUT2D eigenvalue weighted by Gasteiger charge is 2.16. The molecule has 0 aliphatic heterocycles. The molecule has 0 radical (unpaired) electrons. The Morgan fingerprint density at radius 2 is 2.35 bits per heavy atom. The molecular weight excluding hydrogens is 266 g/mol. The van der Waals surface area contributed by atoms with Gasteiger partial charge in [0.2, 0.25) is 5.16 Å². The predicted molar refractivity (Wildman–Crippen MR) is 59.1 cm³/mol. The zero-order valence-electron chi connectivity index (χ0n) is 8.53. The largest absolute Gasteiger partial charge is 0.478 e. The van der Waals surface area contributed by atoms with E-state index in [1.807, 2.05) is 0 Å². The van der Waals surface area contributed by atoms with Gasteiger partial charge in [0.1, 0.15) is 5.03 Å². The molecular formula is C8H6ClN5O2S. The van der Waals surface area contributed by atoms with Crippen LogP contribution in [0.5, 0.6) is 0 Å². The van der Waals surface area contributed by atoms with Crippen LogP contribution in [-0.4, -0.2) is 36.3 Å². The number of carbonyl (C=O) groups is 1. The molecule has 7 nitrogen and oxygen atoms in total. The molecule has 88 valence electrons. The van der Waals surface area contributed by atoms with Crippen molar-refractivity contribution >= 4 is 29.3 Å². The van der Waals surface area contributed by atoms with Crippen molar-refractivity contribution in [3.8, 4) is 0 Å². The molecule has 0 spiro atoms. The van der Waals surface area contributed by atoms with Crippen molar-refractivity contribution in [2.75, 3.05) is 0 Å². The van der Waals surface area contributed by atoms with E-state index in [9.17, 15) is 4.79 Å². The van der Waals surface area contributed by atoms with Crippen LogP contribution >= 0.6 is 23.4 Å². The maximum Gasteiger partial charge on any atom is 0.337 e. The van der Waals surface area contributed by atoms with Crippen LogP contribution in [0.1, 0.15) is 10.4 Å². The fourth-order valence-electron chi connectivity index (χ4n) is 1.06. The number of aryl methyl sites for hydroxylation is 1. The van der Waals surface area contributed by atoms with Crippen molar-refractivity contribution < 1.29 is 9.90 Å². The van der Waals surface area contributed by atoms with E-state index in [-0.39, 0.29) is 10.6 Å². The molecule has 0 saturated heterocycles. The zero-order chi connectivity index (χ0) is 12.4. The molecule has 9 heteroatoms. The molecule has 0 amide bonds. The maximum atomic E-state index is 10.9. The molecule has 2 aromatic rings. The summed E-state index contributed by atoms with van der Waals surface area (Å²) in [5.41, 5.74) is -0.000654. The molecule has 0 aliphatic carbocycles. The van der Waals surface area contributed by atoms with Crippen LogP contribution in [-0.2, 0) is 7.05 Å². The Hall–Kier alpha value is -1.67. The highest BCUT2D eigenvalue weighted by atomic mass is 35.5. The zero-order valence-corrected chi connectivity index (χ0v) is 10.1. The molecule has 0 saturated carbocycles. The monoisotopic (exact) mass is 271 g/mol. The Labute approximate surface area is 105 Å². The van der Waals surface area contributed by atoms with Crippen LogP contribution in [0.25, 0.3) is 0 Å². The van der Waals surface area contributed by atoms with Crippen LogP contribution in [0.3, 0.4) is 0 Å². The second-order valence-electron chi connectivity index (χ2n) is 2.97. The minimum atomic E-state index is -1.10. The highest BCUT2D eigenvalue weighted by molar-refractivity contribution is 7.99. The third kappa shape index (κ3) is 2.37. The van der Waals surface area contributed by atoms with Crippen molar-refractivity contribution in [1.82, 2.24) is 25.2 Å². The summed E-state index contributed by atoms with van der Waals surface area (Å²) in [6.07, 6.45) is 1.38. The number of tetrazole rings is 1. The summed E-state index contributed by atoms with van der Waals surface area (Å²) in [5, 5.41) is 20.7. The normalized spacial score (nSPS) is 10.5. The molecule has 0 aliphatic rings. The molecule has 2 rings (SSSR count). The van der Waals surface area contributed by atoms with Gasteiger partial charge in [0.15, 0.2) is 0 Å². The van der Waals surface area contributed by atoms with Gasteiger partial charge in [0.05, 0.1) is 10.6 Å². The Morgan fingerprint density at radius 3 is 2.94 bits per heavy atom. The van der Waals surface area contributed by atoms with Gasteiger partial charge in [-0.2, -0.15) is 0 Å². The second-order valence-corrected chi connectivity index (χ2v) is 4.30. The third-order valence-corrected chi connectivity index (χ3v) is 3.38. The van der Waals surface area contributed by atoms with Gasteiger partial charge < -0.3 is 5.11 Å². The quantitative estimate of drug-likeness (QED) is 0.893. The smallest absolute Gasteiger partial charge is 0.337 e. The standard InChI is InChI=1S/C8H6ClN5O2S/c1-14-8(11-12-13-14)17-6-5(9)4(7(15)16)2-3-10-6/h2-3H,1H3,(H,15,16). The van der Waals surface area contributed by atoms with E-state index in [1.54, 1.807) is 7.05 Å². The van der Waals surface area contributed by atoms with E-state index in [2.05, 4.69) is 20.5 Å². The summed E-state index contributed by atoms with van der Waals surface area (Å²) < 4.78 is 1.44. The van der Waals surface area contributed by atoms with Crippen molar-refractivity contribution in [2.45, 2.75) is 10.2 Å². The van der Waals surface area contributed by atoms with Crippen molar-refractivity contribution in [3.63, 3.8) is 0 Å². The minimum Gasteiger partial charge on any atom is -0.478 e. The molecule has 1 N–H and O–H groups in total. The van der Waals surface area contributed by atoms with Crippen molar-refractivity contribution in [3.05, 3.63) is 22.8 Å². The summed E-state index contributed by atoms with van der Waals surface area (Å²) in [6.45, 7) is 0. The van der Waals surface area contributed by atoms with Gasteiger partial charge in [-0.25, -0.2) is 14.5 Å². The highest BCUT2D eigenvalue weighted by Crippen LogP contribution is 2.31. The lowest BCUT2D eigenvalue weighted by Crippen LogP contribution is -2.00. The lowest BCUT2D eigenvalue weighted by atomic mass is 10.3. The number of carboxylic acid groups (broad SMARTS) is 1. The van der Waals surface area contributed by atoms with Crippen LogP contribution in [0, 0.1) is 0 Å².